The van der Waals surface area contributed by atoms with Crippen LogP contribution in [0.2, 0.25) is 5.02 Å². The van der Waals surface area contributed by atoms with Crippen LogP contribution in [0.5, 0.6) is 0 Å². The van der Waals surface area contributed by atoms with Crippen molar-refractivity contribution in [2.45, 2.75) is 6.54 Å². The molecule has 0 aliphatic heterocycles. The molecular weight excluding hydrogens is 384 g/mol. The number of hydrogen-bond donors (Lipinski definition) is 1. The molecule has 94 valence electrons. The maximum atomic E-state index is 13.1. The van der Waals surface area contributed by atoms with Crippen LogP contribution in [0.15, 0.2) is 45.3 Å². The van der Waals surface area contributed by atoms with Gasteiger partial charge in [0.25, 0.3) is 0 Å². The van der Waals surface area contributed by atoms with Crippen molar-refractivity contribution in [1.29, 1.82) is 0 Å². The van der Waals surface area contributed by atoms with Crippen molar-refractivity contribution in [1.82, 2.24) is 0 Å². The van der Waals surface area contributed by atoms with Crippen molar-refractivity contribution in [3.63, 3.8) is 0 Å². The summed E-state index contributed by atoms with van der Waals surface area (Å²) >= 11 is 12.8. The van der Waals surface area contributed by atoms with Gasteiger partial charge in [0, 0.05) is 15.5 Å². The Balaban J connectivity index is 2.16. The van der Waals surface area contributed by atoms with Gasteiger partial charge in [-0.05, 0) is 42.0 Å². The van der Waals surface area contributed by atoms with E-state index in [1.54, 1.807) is 12.1 Å². The lowest BCUT2D eigenvalue weighted by molar-refractivity contribution is 0.625. The van der Waals surface area contributed by atoms with Gasteiger partial charge >= 0.3 is 0 Å². The highest BCUT2D eigenvalue weighted by molar-refractivity contribution is 9.10. The minimum Gasteiger partial charge on any atom is -0.380 e. The monoisotopic (exact) mass is 391 g/mol. The Morgan fingerprint density at radius 3 is 2.67 bits per heavy atom. The lowest BCUT2D eigenvalue weighted by atomic mass is 10.2. The van der Waals surface area contributed by atoms with Crippen LogP contribution in [-0.4, -0.2) is 0 Å². The highest BCUT2D eigenvalue weighted by atomic mass is 79.9. The summed E-state index contributed by atoms with van der Waals surface area (Å²) in [5.74, 6) is -0.254. The second kappa shape index (κ2) is 6.04. The van der Waals surface area contributed by atoms with Crippen LogP contribution in [0.25, 0.3) is 0 Å². The fraction of sp³-hybridized carbons (Fsp3) is 0.0769. The van der Waals surface area contributed by atoms with Crippen molar-refractivity contribution in [3.8, 4) is 0 Å². The molecule has 0 aromatic heterocycles. The van der Waals surface area contributed by atoms with E-state index in [0.717, 1.165) is 20.2 Å². The van der Waals surface area contributed by atoms with E-state index in [2.05, 4.69) is 37.2 Å². The van der Waals surface area contributed by atoms with Gasteiger partial charge in [0.05, 0.1) is 10.7 Å². The van der Waals surface area contributed by atoms with E-state index in [-0.39, 0.29) is 5.82 Å². The number of hydrogen-bond acceptors (Lipinski definition) is 1. The molecule has 0 bridgehead atoms. The summed E-state index contributed by atoms with van der Waals surface area (Å²) in [5.41, 5.74) is 1.65. The molecule has 0 aliphatic rings. The molecule has 0 atom stereocenters. The molecule has 2 aromatic rings. The standard InChI is InChI=1S/C13H9Br2ClFN/c14-9-1-4-12(16)13(6-9)18-7-8-5-10(17)2-3-11(8)15/h1-6,18H,7H2. The molecule has 0 radical (unpaired) electrons. The highest BCUT2D eigenvalue weighted by Crippen LogP contribution is 2.27. The second-order valence-corrected chi connectivity index (χ2v) is 5.89. The van der Waals surface area contributed by atoms with Crippen LogP contribution in [0.4, 0.5) is 10.1 Å². The maximum Gasteiger partial charge on any atom is 0.123 e. The number of halogens is 4. The molecule has 0 saturated carbocycles. The summed E-state index contributed by atoms with van der Waals surface area (Å²) in [6, 6.07) is 10.1. The summed E-state index contributed by atoms with van der Waals surface area (Å²) in [5, 5.41) is 3.81. The van der Waals surface area contributed by atoms with E-state index < -0.39 is 0 Å². The number of anilines is 1. The molecule has 1 nitrogen and oxygen atoms in total. The lowest BCUT2D eigenvalue weighted by Crippen LogP contribution is -2.01. The van der Waals surface area contributed by atoms with Crippen molar-refractivity contribution in [2.24, 2.45) is 0 Å². The summed E-state index contributed by atoms with van der Waals surface area (Å²) in [6.45, 7) is 0.495. The Labute approximate surface area is 127 Å². The van der Waals surface area contributed by atoms with Crippen LogP contribution >= 0.6 is 43.5 Å². The molecular formula is C13H9Br2ClFN. The first-order chi connectivity index (χ1) is 8.56. The molecule has 0 spiro atoms. The highest BCUT2D eigenvalue weighted by Gasteiger charge is 2.04. The molecule has 1 N–H and O–H groups in total. The third kappa shape index (κ3) is 3.46. The van der Waals surface area contributed by atoms with E-state index in [1.807, 2.05) is 12.1 Å². The largest absolute Gasteiger partial charge is 0.380 e. The van der Waals surface area contributed by atoms with Crippen LogP contribution in [0.3, 0.4) is 0 Å². The lowest BCUT2D eigenvalue weighted by Gasteiger charge is -2.10. The Kier molecular flexibility index (Phi) is 4.65. The van der Waals surface area contributed by atoms with Crippen molar-refractivity contribution in [2.75, 3.05) is 5.32 Å². The van der Waals surface area contributed by atoms with Crippen LogP contribution in [-0.2, 0) is 6.54 Å². The average Bonchev–Trinajstić information content (AvgIpc) is 2.34. The Morgan fingerprint density at radius 2 is 1.89 bits per heavy atom. The van der Waals surface area contributed by atoms with Crippen LogP contribution in [0, 0.1) is 5.82 Å². The molecule has 0 saturated heterocycles. The molecule has 0 aliphatic carbocycles. The van der Waals surface area contributed by atoms with E-state index >= 15 is 0 Å². The molecule has 0 unspecified atom stereocenters. The van der Waals surface area contributed by atoms with Crippen molar-refractivity contribution < 1.29 is 4.39 Å². The topological polar surface area (TPSA) is 12.0 Å². The maximum absolute atomic E-state index is 13.1. The SMILES string of the molecule is Fc1ccc(Br)c(CNc2cc(Br)ccc2Cl)c1. The van der Waals surface area contributed by atoms with Gasteiger partial charge in [-0.25, -0.2) is 4.39 Å². The number of benzene rings is 2. The van der Waals surface area contributed by atoms with Gasteiger partial charge in [-0.2, -0.15) is 0 Å². The predicted molar refractivity (Wildman–Crippen MR) is 80.6 cm³/mol. The normalized spacial score (nSPS) is 10.4. The summed E-state index contributed by atoms with van der Waals surface area (Å²) in [6.07, 6.45) is 0. The number of nitrogens with one attached hydrogen (secondary N) is 1. The summed E-state index contributed by atoms with van der Waals surface area (Å²) < 4.78 is 14.9. The Hall–Kier alpha value is -0.580. The van der Waals surface area contributed by atoms with Crippen molar-refractivity contribution in [3.05, 3.63) is 61.7 Å². The minimum absolute atomic E-state index is 0.254. The summed E-state index contributed by atoms with van der Waals surface area (Å²) in [7, 11) is 0. The number of rotatable bonds is 3. The smallest absolute Gasteiger partial charge is 0.123 e. The van der Waals surface area contributed by atoms with E-state index in [1.165, 1.54) is 12.1 Å². The van der Waals surface area contributed by atoms with Gasteiger partial charge in [-0.3, -0.25) is 0 Å². The minimum atomic E-state index is -0.254. The van der Waals surface area contributed by atoms with Crippen LogP contribution in [0.1, 0.15) is 5.56 Å². The van der Waals surface area contributed by atoms with E-state index in [9.17, 15) is 4.39 Å². The second-order valence-electron chi connectivity index (χ2n) is 3.71. The average molecular weight is 393 g/mol. The first kappa shape index (κ1) is 13.8. The fourth-order valence-corrected chi connectivity index (χ4v) is 2.43. The van der Waals surface area contributed by atoms with Gasteiger partial charge < -0.3 is 5.32 Å². The third-order valence-electron chi connectivity index (χ3n) is 2.41. The zero-order chi connectivity index (χ0) is 13.1. The van der Waals surface area contributed by atoms with Crippen molar-refractivity contribution >= 4 is 49.1 Å². The quantitative estimate of drug-likeness (QED) is 0.714. The van der Waals surface area contributed by atoms with E-state index in [0.29, 0.717) is 11.6 Å². The fourth-order valence-electron chi connectivity index (χ4n) is 1.50. The third-order valence-corrected chi connectivity index (χ3v) is 4.00. The van der Waals surface area contributed by atoms with Gasteiger partial charge in [-0.1, -0.05) is 43.5 Å². The Morgan fingerprint density at radius 1 is 1.11 bits per heavy atom. The first-order valence-electron chi connectivity index (χ1n) is 5.19. The Bertz CT molecular complexity index is 523. The van der Waals surface area contributed by atoms with Gasteiger partial charge in [0.2, 0.25) is 0 Å². The first-order valence-corrected chi connectivity index (χ1v) is 7.15. The molecule has 2 aromatic carbocycles. The molecule has 2 rings (SSSR count). The zero-order valence-corrected chi connectivity index (χ0v) is 13.1. The molecule has 0 fully saturated rings. The molecule has 5 heteroatoms. The van der Waals surface area contributed by atoms with Gasteiger partial charge in [0.15, 0.2) is 0 Å². The molecule has 0 heterocycles. The van der Waals surface area contributed by atoms with Crippen LogP contribution < -0.4 is 5.32 Å². The molecule has 0 amide bonds. The summed E-state index contributed by atoms with van der Waals surface area (Å²) in [4.78, 5) is 0. The van der Waals surface area contributed by atoms with Gasteiger partial charge in [-0.15, -0.1) is 0 Å². The van der Waals surface area contributed by atoms with Gasteiger partial charge in [0.1, 0.15) is 5.82 Å². The van der Waals surface area contributed by atoms with E-state index in [4.69, 9.17) is 11.6 Å². The predicted octanol–water partition coefficient (Wildman–Crippen LogP) is 5.62. The molecule has 18 heavy (non-hydrogen) atoms. The zero-order valence-electron chi connectivity index (χ0n) is 9.18.